The van der Waals surface area contributed by atoms with E-state index < -0.39 is 16.0 Å². The van der Waals surface area contributed by atoms with E-state index in [4.69, 9.17) is 0 Å². The topological polar surface area (TPSA) is 53.5 Å². The summed E-state index contributed by atoms with van der Waals surface area (Å²) in [7, 11) is -3.56. The Morgan fingerprint density at radius 2 is 1.58 bits per heavy atom. The van der Waals surface area contributed by atoms with E-state index in [1.807, 2.05) is 35.2 Å². The summed E-state index contributed by atoms with van der Waals surface area (Å²) < 4.78 is 40.7. The highest BCUT2D eigenvalue weighted by atomic mass is 32.2. The molecule has 1 aromatic heterocycles. The van der Waals surface area contributed by atoms with Crippen molar-refractivity contribution in [3.05, 3.63) is 66.6 Å². The van der Waals surface area contributed by atoms with Crippen LogP contribution in [0.2, 0.25) is 0 Å². The Kier molecular flexibility index (Phi) is 4.34. The minimum absolute atomic E-state index is 0.300. The quantitative estimate of drug-likeness (QED) is 0.665. The molecule has 0 amide bonds. The number of pyridine rings is 1. The first kappa shape index (κ1) is 16.9. The molecule has 0 aliphatic carbocycles. The van der Waals surface area contributed by atoms with E-state index in [-0.39, 0.29) is 0 Å². The second kappa shape index (κ2) is 6.66. The van der Waals surface area contributed by atoms with Crippen LogP contribution in [0, 0.1) is 5.95 Å². The highest BCUT2D eigenvalue weighted by molar-refractivity contribution is 7.89. The number of fused-ring (bicyclic) bond motifs is 1. The molecular formula is C19H18FN3O2S. The molecule has 1 aliphatic heterocycles. The van der Waals surface area contributed by atoms with Crippen LogP contribution in [0.4, 0.5) is 10.2 Å². The molecule has 0 saturated carbocycles. The van der Waals surface area contributed by atoms with Gasteiger partial charge in [-0.25, -0.2) is 13.4 Å². The molecule has 0 spiro atoms. The van der Waals surface area contributed by atoms with E-state index in [9.17, 15) is 12.8 Å². The van der Waals surface area contributed by atoms with Crippen LogP contribution >= 0.6 is 0 Å². The van der Waals surface area contributed by atoms with Crippen LogP contribution in [-0.4, -0.2) is 43.9 Å². The molecule has 1 fully saturated rings. The minimum atomic E-state index is -3.56. The van der Waals surface area contributed by atoms with Crippen molar-refractivity contribution >= 4 is 26.6 Å². The molecule has 0 N–H and O–H groups in total. The number of nitrogens with zero attached hydrogens (tertiary/aromatic N) is 3. The van der Waals surface area contributed by atoms with Crippen molar-refractivity contribution in [3.8, 4) is 0 Å². The Morgan fingerprint density at radius 3 is 2.31 bits per heavy atom. The third-order valence-electron chi connectivity index (χ3n) is 4.62. The lowest BCUT2D eigenvalue weighted by Crippen LogP contribution is -2.48. The monoisotopic (exact) mass is 371 g/mol. The van der Waals surface area contributed by atoms with Gasteiger partial charge in [0.25, 0.3) is 0 Å². The smallest absolute Gasteiger partial charge is 0.243 e. The van der Waals surface area contributed by atoms with E-state index in [2.05, 4.69) is 4.98 Å². The van der Waals surface area contributed by atoms with Crippen LogP contribution in [0.3, 0.4) is 0 Å². The Labute approximate surface area is 151 Å². The molecule has 134 valence electrons. The van der Waals surface area contributed by atoms with Gasteiger partial charge in [-0.1, -0.05) is 36.4 Å². The number of aromatic nitrogens is 1. The number of benzene rings is 2. The van der Waals surface area contributed by atoms with Gasteiger partial charge in [-0.15, -0.1) is 0 Å². The molecule has 0 radical (unpaired) electrons. The molecule has 26 heavy (non-hydrogen) atoms. The number of anilines is 1. The van der Waals surface area contributed by atoms with Crippen LogP contribution in [0.1, 0.15) is 0 Å². The molecule has 1 saturated heterocycles. The molecule has 1 aliphatic rings. The normalized spacial score (nSPS) is 16.1. The van der Waals surface area contributed by atoms with Crippen molar-refractivity contribution in [2.75, 3.05) is 31.1 Å². The molecule has 2 aromatic carbocycles. The van der Waals surface area contributed by atoms with Gasteiger partial charge in [0.15, 0.2) is 0 Å². The van der Waals surface area contributed by atoms with Gasteiger partial charge in [-0.05, 0) is 35.0 Å². The highest BCUT2D eigenvalue weighted by Gasteiger charge is 2.29. The van der Waals surface area contributed by atoms with E-state index in [0.29, 0.717) is 36.9 Å². The zero-order chi connectivity index (χ0) is 18.1. The highest BCUT2D eigenvalue weighted by Crippen LogP contribution is 2.23. The fourth-order valence-corrected chi connectivity index (χ4v) is 4.67. The van der Waals surface area contributed by atoms with Crippen molar-refractivity contribution in [2.24, 2.45) is 0 Å². The van der Waals surface area contributed by atoms with Gasteiger partial charge < -0.3 is 4.90 Å². The van der Waals surface area contributed by atoms with Gasteiger partial charge in [0.05, 0.1) is 4.90 Å². The van der Waals surface area contributed by atoms with Gasteiger partial charge in [-0.3, -0.25) is 0 Å². The summed E-state index contributed by atoms with van der Waals surface area (Å²) in [6.45, 7) is 1.63. The number of hydrogen-bond donors (Lipinski definition) is 0. The Hall–Kier alpha value is -2.51. The van der Waals surface area contributed by atoms with Gasteiger partial charge in [0.1, 0.15) is 5.82 Å². The lowest BCUT2D eigenvalue weighted by atomic mass is 10.1. The molecule has 0 unspecified atom stereocenters. The van der Waals surface area contributed by atoms with Crippen molar-refractivity contribution in [3.63, 3.8) is 0 Å². The Morgan fingerprint density at radius 1 is 0.846 bits per heavy atom. The average molecular weight is 371 g/mol. The molecule has 5 nitrogen and oxygen atoms in total. The summed E-state index contributed by atoms with van der Waals surface area (Å²) in [6, 6.07) is 17.5. The predicted octanol–water partition coefficient (Wildman–Crippen LogP) is 2.88. The van der Waals surface area contributed by atoms with Crippen molar-refractivity contribution in [1.29, 1.82) is 0 Å². The van der Waals surface area contributed by atoms with E-state index >= 15 is 0 Å². The second-order valence-corrected chi connectivity index (χ2v) is 8.16. The van der Waals surface area contributed by atoms with Crippen LogP contribution in [0.5, 0.6) is 0 Å². The van der Waals surface area contributed by atoms with Crippen molar-refractivity contribution in [2.45, 2.75) is 4.90 Å². The van der Waals surface area contributed by atoms with E-state index in [1.165, 1.54) is 10.4 Å². The van der Waals surface area contributed by atoms with Crippen molar-refractivity contribution < 1.29 is 12.8 Å². The first-order valence-corrected chi connectivity index (χ1v) is 9.84. The molecule has 3 aromatic rings. The average Bonchev–Trinajstić information content (AvgIpc) is 2.67. The number of sulfonamides is 1. The van der Waals surface area contributed by atoms with E-state index in [0.717, 1.165) is 10.8 Å². The number of rotatable bonds is 3. The zero-order valence-electron chi connectivity index (χ0n) is 14.0. The fourth-order valence-electron chi connectivity index (χ4n) is 3.21. The molecular weight excluding hydrogens is 353 g/mol. The van der Waals surface area contributed by atoms with Crippen LogP contribution in [0.15, 0.2) is 65.6 Å². The minimum Gasteiger partial charge on any atom is -0.354 e. The summed E-state index contributed by atoms with van der Waals surface area (Å²) in [5.74, 6) is 0.00136. The first-order chi connectivity index (χ1) is 12.5. The summed E-state index contributed by atoms with van der Waals surface area (Å²) in [6.07, 6.45) is 0. The largest absolute Gasteiger partial charge is 0.354 e. The Balaban J connectivity index is 1.54. The second-order valence-electron chi connectivity index (χ2n) is 6.22. The Bertz CT molecular complexity index is 1050. The molecule has 2 heterocycles. The summed E-state index contributed by atoms with van der Waals surface area (Å²) in [5, 5.41) is 1.91. The number of piperazine rings is 1. The summed E-state index contributed by atoms with van der Waals surface area (Å²) >= 11 is 0. The first-order valence-electron chi connectivity index (χ1n) is 8.40. The third-order valence-corrected chi connectivity index (χ3v) is 6.52. The fraction of sp³-hybridized carbons (Fsp3) is 0.211. The maximum Gasteiger partial charge on any atom is 0.243 e. The predicted molar refractivity (Wildman–Crippen MR) is 99.1 cm³/mol. The van der Waals surface area contributed by atoms with Crippen LogP contribution in [0.25, 0.3) is 10.8 Å². The SMILES string of the molecule is O=S(=O)(c1ccc2ccccc2c1)N1CCN(c2cccc(F)n2)CC1. The zero-order valence-corrected chi connectivity index (χ0v) is 14.9. The molecule has 7 heteroatoms. The standard InChI is InChI=1S/C19H18FN3O2S/c20-18-6-3-7-19(21-18)22-10-12-23(13-11-22)26(24,25)17-9-8-15-4-1-2-5-16(15)14-17/h1-9,14H,10-13H2. The lowest BCUT2D eigenvalue weighted by Gasteiger charge is -2.34. The van der Waals surface area contributed by atoms with Gasteiger partial charge in [-0.2, -0.15) is 8.70 Å². The summed E-state index contributed by atoms with van der Waals surface area (Å²) in [4.78, 5) is 6.07. The van der Waals surface area contributed by atoms with Crippen LogP contribution in [-0.2, 0) is 10.0 Å². The van der Waals surface area contributed by atoms with Gasteiger partial charge in [0, 0.05) is 26.2 Å². The number of hydrogen-bond acceptors (Lipinski definition) is 4. The molecule has 0 atom stereocenters. The maximum absolute atomic E-state index is 13.3. The molecule has 0 bridgehead atoms. The maximum atomic E-state index is 13.3. The van der Waals surface area contributed by atoms with Gasteiger partial charge >= 0.3 is 0 Å². The van der Waals surface area contributed by atoms with Gasteiger partial charge in [0.2, 0.25) is 16.0 Å². The van der Waals surface area contributed by atoms with Crippen LogP contribution < -0.4 is 4.90 Å². The summed E-state index contributed by atoms with van der Waals surface area (Å²) in [5.41, 5.74) is 0. The lowest BCUT2D eigenvalue weighted by molar-refractivity contribution is 0.383. The third kappa shape index (κ3) is 3.15. The number of halogens is 1. The van der Waals surface area contributed by atoms with E-state index in [1.54, 1.807) is 24.3 Å². The van der Waals surface area contributed by atoms with Crippen molar-refractivity contribution in [1.82, 2.24) is 9.29 Å². The molecule has 4 rings (SSSR count).